The number of ketones is 1. The number of Topliss-reactive ketones (excluding diaryl/α,β-unsaturated/α-hetero) is 1. The van der Waals surface area contributed by atoms with Crippen LogP contribution in [0, 0.1) is 5.41 Å². The molecular weight excluding hydrogens is 491 g/mol. The molecule has 12 heteroatoms. The Kier molecular flexibility index (Phi) is 8.31. The van der Waals surface area contributed by atoms with Crippen molar-refractivity contribution in [3.05, 3.63) is 40.7 Å². The van der Waals surface area contributed by atoms with E-state index in [0.717, 1.165) is 32.1 Å². The van der Waals surface area contributed by atoms with Crippen LogP contribution in [0.25, 0.3) is 5.69 Å². The number of carboxylic acids is 1. The van der Waals surface area contributed by atoms with Crippen LogP contribution >= 0.6 is 0 Å². The molecule has 1 heterocycles. The van der Waals surface area contributed by atoms with E-state index >= 15 is 0 Å². The predicted molar refractivity (Wildman–Crippen MR) is 131 cm³/mol. The molecule has 202 valence electrons. The van der Waals surface area contributed by atoms with Crippen LogP contribution in [-0.4, -0.2) is 45.1 Å². The third-order valence-corrected chi connectivity index (χ3v) is 6.47. The molecule has 1 saturated carbocycles. The smallest absolute Gasteiger partial charge is 0.435 e. The molecule has 0 unspecified atom stereocenters. The zero-order valence-corrected chi connectivity index (χ0v) is 20.8. The van der Waals surface area contributed by atoms with Gasteiger partial charge < -0.3 is 21.9 Å². The van der Waals surface area contributed by atoms with E-state index in [9.17, 15) is 27.6 Å². The first-order chi connectivity index (χ1) is 17.2. The molecule has 1 aromatic carbocycles. The summed E-state index contributed by atoms with van der Waals surface area (Å²) in [5.41, 5.74) is 9.46. The predicted octanol–water partition coefficient (Wildman–Crippen LogP) is 3.92. The lowest BCUT2D eigenvalue weighted by atomic mass is 9.75. The Morgan fingerprint density at radius 1 is 1.19 bits per heavy atom. The molecule has 0 saturated heterocycles. The number of halogens is 3. The number of nitrogens with one attached hydrogen (secondary N) is 1. The van der Waals surface area contributed by atoms with Gasteiger partial charge in [0.2, 0.25) is 0 Å². The molecular formula is C25H32F3N5O4. The van der Waals surface area contributed by atoms with Crippen molar-refractivity contribution >= 4 is 23.3 Å². The van der Waals surface area contributed by atoms with Gasteiger partial charge in [0.25, 0.3) is 5.91 Å². The fraction of sp³-hybridized carbons (Fsp3) is 0.520. The van der Waals surface area contributed by atoms with E-state index in [1.165, 1.54) is 16.8 Å². The van der Waals surface area contributed by atoms with Gasteiger partial charge >= 0.3 is 12.1 Å². The molecule has 0 aliphatic heterocycles. The number of carboxylic acid groups (broad SMARTS) is 1. The van der Waals surface area contributed by atoms with Crippen LogP contribution < -0.4 is 16.8 Å². The highest BCUT2D eigenvalue weighted by atomic mass is 19.4. The molecule has 1 fully saturated rings. The van der Waals surface area contributed by atoms with E-state index < -0.39 is 34.9 Å². The number of aromatic nitrogens is 2. The van der Waals surface area contributed by atoms with Gasteiger partial charge in [0.1, 0.15) is 0 Å². The topological polar surface area (TPSA) is 153 Å². The molecule has 2 aliphatic rings. The number of benzene rings is 1. The molecule has 0 bridgehead atoms. The quantitative estimate of drug-likeness (QED) is 0.463. The first-order valence-corrected chi connectivity index (χ1v) is 12.1. The van der Waals surface area contributed by atoms with E-state index in [-0.39, 0.29) is 42.2 Å². The van der Waals surface area contributed by atoms with Gasteiger partial charge in [-0.15, -0.1) is 0 Å². The number of nitrogens with zero attached hydrogens (tertiary/aromatic N) is 2. The Balaban J connectivity index is 0.000000695. The molecule has 1 aromatic heterocycles. The molecule has 0 radical (unpaired) electrons. The van der Waals surface area contributed by atoms with Gasteiger partial charge in [-0.3, -0.25) is 14.4 Å². The lowest BCUT2D eigenvalue weighted by Crippen LogP contribution is -2.29. The first kappa shape index (κ1) is 28.2. The van der Waals surface area contributed by atoms with Crippen LogP contribution in [0.2, 0.25) is 0 Å². The molecule has 0 atom stereocenters. The summed E-state index contributed by atoms with van der Waals surface area (Å²) >= 11 is 0. The van der Waals surface area contributed by atoms with Crippen LogP contribution in [-0.2, 0) is 17.4 Å². The number of hydrogen-bond donors (Lipinski definition) is 4. The summed E-state index contributed by atoms with van der Waals surface area (Å²) in [5, 5.41) is 14.8. The number of aliphatic carboxylic acids is 1. The monoisotopic (exact) mass is 523 g/mol. The zero-order valence-electron chi connectivity index (χ0n) is 20.8. The van der Waals surface area contributed by atoms with E-state index in [2.05, 4.69) is 16.1 Å². The summed E-state index contributed by atoms with van der Waals surface area (Å²) in [6.07, 6.45) is 0.752. The molecule has 2 aromatic rings. The highest BCUT2D eigenvalue weighted by Gasteiger charge is 2.45. The normalized spacial score (nSPS) is 17.4. The SMILES string of the molecule is CC1(C)CC(=O)c2c(C(F)(F)F)nn(-c3ccc(C(N)=O)c(NC4CCCCC4)c3)c2C1.NCC(=O)O. The minimum absolute atomic E-state index is 0.0316. The number of amides is 1. The molecule has 37 heavy (non-hydrogen) atoms. The summed E-state index contributed by atoms with van der Waals surface area (Å²) in [5.74, 6) is -2.14. The Morgan fingerprint density at radius 3 is 2.35 bits per heavy atom. The van der Waals surface area contributed by atoms with Gasteiger partial charge in [0, 0.05) is 18.2 Å². The second kappa shape index (κ2) is 10.9. The number of anilines is 1. The van der Waals surface area contributed by atoms with Gasteiger partial charge in [-0.1, -0.05) is 33.1 Å². The van der Waals surface area contributed by atoms with Gasteiger partial charge in [-0.25, -0.2) is 4.68 Å². The number of hydrogen-bond acceptors (Lipinski definition) is 6. The van der Waals surface area contributed by atoms with Gasteiger partial charge in [0.05, 0.1) is 29.1 Å². The van der Waals surface area contributed by atoms with Crippen LogP contribution in [0.15, 0.2) is 18.2 Å². The lowest BCUT2D eigenvalue weighted by molar-refractivity contribution is -0.141. The number of carbonyl (C=O) groups is 3. The molecule has 9 nitrogen and oxygen atoms in total. The van der Waals surface area contributed by atoms with Crippen molar-refractivity contribution in [1.29, 1.82) is 0 Å². The maximum Gasteiger partial charge on any atom is 0.435 e. The third kappa shape index (κ3) is 6.68. The largest absolute Gasteiger partial charge is 0.480 e. The highest BCUT2D eigenvalue weighted by molar-refractivity contribution is 6.00. The number of nitrogens with two attached hydrogens (primary N) is 2. The van der Waals surface area contributed by atoms with E-state index in [1.807, 2.05) is 13.8 Å². The average molecular weight is 524 g/mol. The van der Waals surface area contributed by atoms with E-state index in [1.54, 1.807) is 6.07 Å². The second-order valence-electron chi connectivity index (χ2n) is 10.2. The zero-order chi connectivity index (χ0) is 27.5. The second-order valence-corrected chi connectivity index (χ2v) is 10.2. The average Bonchev–Trinajstić information content (AvgIpc) is 3.19. The van der Waals surface area contributed by atoms with Crippen LogP contribution in [0.1, 0.15) is 84.5 Å². The Bertz CT molecular complexity index is 1180. The Labute approximate surface area is 212 Å². The fourth-order valence-electron chi connectivity index (χ4n) is 4.83. The van der Waals surface area contributed by atoms with Crippen molar-refractivity contribution in [2.24, 2.45) is 16.9 Å². The molecule has 2 aliphatic carbocycles. The van der Waals surface area contributed by atoms with E-state index in [0.29, 0.717) is 11.4 Å². The summed E-state index contributed by atoms with van der Waals surface area (Å²) in [4.78, 5) is 33.9. The summed E-state index contributed by atoms with van der Waals surface area (Å²) in [6, 6.07) is 4.79. The minimum Gasteiger partial charge on any atom is -0.480 e. The summed E-state index contributed by atoms with van der Waals surface area (Å²) < 4.78 is 42.4. The van der Waals surface area contributed by atoms with Crippen molar-refractivity contribution < 1.29 is 32.7 Å². The molecule has 1 amide bonds. The highest BCUT2D eigenvalue weighted by Crippen LogP contribution is 2.42. The number of primary amides is 1. The van der Waals surface area contributed by atoms with Crippen molar-refractivity contribution in [3.63, 3.8) is 0 Å². The van der Waals surface area contributed by atoms with Crippen molar-refractivity contribution in [2.75, 3.05) is 11.9 Å². The molecule has 4 rings (SSSR count). The minimum atomic E-state index is -4.75. The maximum atomic E-state index is 13.7. The Morgan fingerprint density at radius 2 is 1.81 bits per heavy atom. The van der Waals surface area contributed by atoms with Gasteiger partial charge in [-0.2, -0.15) is 18.3 Å². The van der Waals surface area contributed by atoms with Crippen LogP contribution in [0.5, 0.6) is 0 Å². The van der Waals surface area contributed by atoms with Crippen molar-refractivity contribution in [1.82, 2.24) is 9.78 Å². The Hall–Kier alpha value is -3.41. The standard InChI is InChI=1S/C23H27F3N4O2.C2H5NO2/c1-22(2)11-17-19(18(31)12-22)20(23(24,25)26)29-30(17)14-8-9-15(21(27)32)16(10-14)28-13-6-4-3-5-7-13;3-1-2(4)5/h8-10,13,28H,3-7,11-12H2,1-2H3,(H2,27,32);1,3H2,(H,4,5). The van der Waals surface area contributed by atoms with Crippen LogP contribution in [0.3, 0.4) is 0 Å². The first-order valence-electron chi connectivity index (χ1n) is 12.1. The number of fused-ring (bicyclic) bond motifs is 1. The molecule has 0 spiro atoms. The van der Waals surface area contributed by atoms with E-state index in [4.69, 9.17) is 10.8 Å². The van der Waals surface area contributed by atoms with Gasteiger partial charge in [0.15, 0.2) is 11.5 Å². The fourth-order valence-corrected chi connectivity index (χ4v) is 4.83. The number of carbonyl (C=O) groups excluding carboxylic acids is 2. The number of rotatable bonds is 5. The third-order valence-electron chi connectivity index (χ3n) is 6.47. The maximum absolute atomic E-state index is 13.7. The molecule has 6 N–H and O–H groups in total. The van der Waals surface area contributed by atoms with Crippen molar-refractivity contribution in [3.8, 4) is 5.69 Å². The summed E-state index contributed by atoms with van der Waals surface area (Å²) in [7, 11) is 0. The van der Waals surface area contributed by atoms with Gasteiger partial charge in [-0.05, 0) is 42.9 Å². The van der Waals surface area contributed by atoms with Crippen molar-refractivity contribution in [2.45, 2.75) is 71.0 Å². The lowest BCUT2D eigenvalue weighted by Gasteiger charge is -2.29. The number of alkyl halides is 3. The van der Waals surface area contributed by atoms with Crippen LogP contribution in [0.4, 0.5) is 18.9 Å². The summed E-state index contributed by atoms with van der Waals surface area (Å²) in [6.45, 7) is 3.43.